The Hall–Kier alpha value is -0.970. The highest BCUT2D eigenvalue weighted by atomic mass is 16.6. The van der Waals surface area contributed by atoms with Crippen molar-refractivity contribution in [2.75, 3.05) is 0 Å². The van der Waals surface area contributed by atoms with Crippen LogP contribution >= 0.6 is 0 Å². The quantitative estimate of drug-likeness (QED) is 0.182. The summed E-state index contributed by atoms with van der Waals surface area (Å²) in [6, 6.07) is -0.796. The van der Waals surface area contributed by atoms with Crippen LogP contribution in [0, 0.1) is 10.1 Å². The average Bonchev–Trinajstić information content (AvgIpc) is 2.52. The van der Waals surface area contributed by atoms with Gasteiger partial charge in [0.1, 0.15) is 12.4 Å². The zero-order valence-corrected chi connectivity index (χ0v) is 14.8. The Morgan fingerprint density at radius 2 is 1.43 bits per heavy atom. The van der Waals surface area contributed by atoms with Crippen molar-refractivity contribution in [1.29, 1.82) is 0 Å². The largest absolute Gasteiger partial charge is 0.386 e. The van der Waals surface area contributed by atoms with Crippen molar-refractivity contribution in [3.8, 4) is 0 Å². The van der Waals surface area contributed by atoms with Gasteiger partial charge in [0.15, 0.2) is 0 Å². The van der Waals surface area contributed by atoms with Crippen molar-refractivity contribution in [3.63, 3.8) is 0 Å². The zero-order valence-electron chi connectivity index (χ0n) is 14.8. The Morgan fingerprint density at radius 1 is 0.913 bits per heavy atom. The van der Waals surface area contributed by atoms with Gasteiger partial charge in [-0.3, -0.25) is 10.1 Å². The summed E-state index contributed by atoms with van der Waals surface area (Å²) >= 11 is 0. The van der Waals surface area contributed by atoms with Gasteiger partial charge < -0.3 is 9.90 Å². The molecule has 0 aromatic heterocycles. The third-order valence-corrected chi connectivity index (χ3v) is 4.39. The molecule has 23 heavy (non-hydrogen) atoms. The summed E-state index contributed by atoms with van der Waals surface area (Å²) in [5, 5.41) is 21.1. The molecule has 0 amide bonds. The molecule has 0 heterocycles. The van der Waals surface area contributed by atoms with Crippen LogP contribution in [-0.2, 0) is 4.79 Å². The van der Waals surface area contributed by atoms with E-state index in [0.717, 1.165) is 76.9 Å². The minimum Gasteiger partial charge on any atom is -0.386 e. The van der Waals surface area contributed by atoms with Crippen LogP contribution < -0.4 is 0 Å². The summed E-state index contributed by atoms with van der Waals surface area (Å²) in [5.74, 6) is 0. The first-order valence-corrected chi connectivity index (χ1v) is 9.38. The Kier molecular flexibility index (Phi) is 15.2. The molecule has 0 fully saturated rings. The summed E-state index contributed by atoms with van der Waals surface area (Å²) in [5.41, 5.74) is 0. The molecule has 2 atom stereocenters. The molecule has 0 aromatic rings. The first-order chi connectivity index (χ1) is 11.1. The van der Waals surface area contributed by atoms with E-state index in [9.17, 15) is 20.0 Å². The maximum atomic E-state index is 11.1. The molecule has 2 unspecified atom stereocenters. The predicted octanol–water partition coefficient (Wildman–Crippen LogP) is 4.67. The fourth-order valence-corrected chi connectivity index (χ4v) is 2.88. The molecule has 0 saturated heterocycles. The Labute approximate surface area is 141 Å². The molecular weight excluding hydrogens is 294 g/mol. The minimum atomic E-state index is -0.806. The van der Waals surface area contributed by atoms with E-state index in [1.807, 2.05) is 0 Å². The molecule has 0 spiro atoms. The van der Waals surface area contributed by atoms with Crippen LogP contribution in [0.1, 0.15) is 96.8 Å². The maximum Gasteiger partial charge on any atom is 0.238 e. The molecule has 0 aliphatic carbocycles. The van der Waals surface area contributed by atoms with E-state index in [1.54, 1.807) is 0 Å². The molecule has 0 aliphatic heterocycles. The minimum absolute atomic E-state index is 0.302. The molecule has 5 heteroatoms. The number of carbonyl (C=O) groups is 1. The molecule has 0 rings (SSSR count). The van der Waals surface area contributed by atoms with Gasteiger partial charge in [0.2, 0.25) is 6.04 Å². The van der Waals surface area contributed by atoms with Crippen molar-refractivity contribution in [3.05, 3.63) is 10.1 Å². The van der Waals surface area contributed by atoms with E-state index in [0.29, 0.717) is 19.3 Å². The third kappa shape index (κ3) is 13.2. The smallest absolute Gasteiger partial charge is 0.238 e. The SMILES string of the molecule is CCCCCCC(C(O)CCCCCCCCCC=O)[N+](=O)[O-]. The number of hydrogen-bond acceptors (Lipinski definition) is 4. The lowest BCUT2D eigenvalue weighted by Gasteiger charge is -2.16. The predicted molar refractivity (Wildman–Crippen MR) is 93.2 cm³/mol. The molecule has 0 saturated carbocycles. The summed E-state index contributed by atoms with van der Waals surface area (Å²) in [7, 11) is 0. The number of aliphatic hydroxyl groups excluding tert-OH is 1. The number of nitrogens with zero attached hydrogens (tertiary/aromatic N) is 1. The van der Waals surface area contributed by atoms with E-state index in [-0.39, 0.29) is 4.92 Å². The van der Waals surface area contributed by atoms with E-state index >= 15 is 0 Å². The van der Waals surface area contributed by atoms with E-state index in [2.05, 4.69) is 6.92 Å². The lowest BCUT2D eigenvalue weighted by Crippen LogP contribution is -2.33. The molecule has 5 nitrogen and oxygen atoms in total. The number of hydrogen-bond donors (Lipinski definition) is 1. The second-order valence-electron chi connectivity index (χ2n) is 6.49. The van der Waals surface area contributed by atoms with Gasteiger partial charge in [0, 0.05) is 17.8 Å². The summed E-state index contributed by atoms with van der Waals surface area (Å²) in [6.07, 6.45) is 13.2. The van der Waals surface area contributed by atoms with Crippen molar-refractivity contribution in [2.24, 2.45) is 0 Å². The number of aliphatic hydroxyl groups is 1. The van der Waals surface area contributed by atoms with Crippen LogP contribution in [-0.4, -0.2) is 28.5 Å². The van der Waals surface area contributed by atoms with E-state index in [4.69, 9.17) is 0 Å². The second kappa shape index (κ2) is 15.9. The standard InChI is InChI=1S/C18H35NO4/c1-2-3-4-11-14-17(19(22)23)18(21)15-12-9-7-5-6-8-10-13-16-20/h16-18,21H,2-15H2,1H3. The lowest BCUT2D eigenvalue weighted by atomic mass is 9.98. The van der Waals surface area contributed by atoms with Gasteiger partial charge in [-0.1, -0.05) is 64.7 Å². The summed E-state index contributed by atoms with van der Waals surface area (Å²) in [6.45, 7) is 2.11. The van der Waals surface area contributed by atoms with Crippen LogP contribution in [0.5, 0.6) is 0 Å². The number of carbonyl (C=O) groups excluding carboxylic acids is 1. The Bertz CT molecular complexity index is 297. The van der Waals surface area contributed by atoms with Crippen LogP contribution in [0.25, 0.3) is 0 Å². The third-order valence-electron chi connectivity index (χ3n) is 4.39. The van der Waals surface area contributed by atoms with Gasteiger partial charge in [0.05, 0.1) is 0 Å². The lowest BCUT2D eigenvalue weighted by molar-refractivity contribution is -0.535. The number of nitro groups is 1. The molecule has 136 valence electrons. The van der Waals surface area contributed by atoms with Gasteiger partial charge in [-0.25, -0.2) is 0 Å². The van der Waals surface area contributed by atoms with Crippen molar-refractivity contribution >= 4 is 6.29 Å². The Balaban J connectivity index is 3.68. The van der Waals surface area contributed by atoms with Gasteiger partial charge in [-0.15, -0.1) is 0 Å². The second-order valence-corrected chi connectivity index (χ2v) is 6.49. The van der Waals surface area contributed by atoms with Gasteiger partial charge in [-0.05, 0) is 19.3 Å². The van der Waals surface area contributed by atoms with Crippen LogP contribution in [0.2, 0.25) is 0 Å². The zero-order chi connectivity index (χ0) is 17.3. The number of unbranched alkanes of at least 4 members (excludes halogenated alkanes) is 10. The van der Waals surface area contributed by atoms with Crippen molar-refractivity contribution in [2.45, 2.75) is 109 Å². The Morgan fingerprint density at radius 3 is 2.00 bits per heavy atom. The highest BCUT2D eigenvalue weighted by molar-refractivity contribution is 5.48. The highest BCUT2D eigenvalue weighted by Gasteiger charge is 2.28. The van der Waals surface area contributed by atoms with Gasteiger partial charge in [-0.2, -0.15) is 0 Å². The monoisotopic (exact) mass is 329 g/mol. The van der Waals surface area contributed by atoms with E-state index in [1.165, 1.54) is 0 Å². The first-order valence-electron chi connectivity index (χ1n) is 9.38. The van der Waals surface area contributed by atoms with E-state index < -0.39 is 12.1 Å². The molecule has 0 bridgehead atoms. The van der Waals surface area contributed by atoms with Gasteiger partial charge >= 0.3 is 0 Å². The highest BCUT2D eigenvalue weighted by Crippen LogP contribution is 2.16. The molecule has 0 aliphatic rings. The summed E-state index contributed by atoms with van der Waals surface area (Å²) in [4.78, 5) is 21.0. The maximum absolute atomic E-state index is 11.1. The fraction of sp³-hybridized carbons (Fsp3) is 0.944. The van der Waals surface area contributed by atoms with Crippen molar-refractivity contribution in [1.82, 2.24) is 0 Å². The summed E-state index contributed by atoms with van der Waals surface area (Å²) < 4.78 is 0. The average molecular weight is 329 g/mol. The van der Waals surface area contributed by atoms with Crippen molar-refractivity contribution < 1.29 is 14.8 Å². The van der Waals surface area contributed by atoms with Crippen LogP contribution in [0.4, 0.5) is 0 Å². The van der Waals surface area contributed by atoms with Gasteiger partial charge in [0.25, 0.3) is 0 Å². The fourth-order valence-electron chi connectivity index (χ4n) is 2.88. The molecule has 0 radical (unpaired) electrons. The topological polar surface area (TPSA) is 80.4 Å². The molecular formula is C18H35NO4. The van der Waals surface area contributed by atoms with Crippen LogP contribution in [0.3, 0.4) is 0 Å². The van der Waals surface area contributed by atoms with Crippen LogP contribution in [0.15, 0.2) is 0 Å². The number of rotatable bonds is 17. The number of aldehydes is 1. The molecule has 1 N–H and O–H groups in total. The normalized spacial score (nSPS) is 13.7. The first kappa shape index (κ1) is 22.0. The molecule has 0 aromatic carbocycles.